The number of hydrogen-bond donors (Lipinski definition) is 0. The zero-order valence-electron chi connectivity index (χ0n) is 7.25. The highest BCUT2D eigenvalue weighted by Gasteiger charge is 2.17. The molecule has 0 fully saturated rings. The van der Waals surface area contributed by atoms with Gasteiger partial charge < -0.3 is 4.74 Å². The van der Waals surface area contributed by atoms with Gasteiger partial charge in [0.2, 0.25) is 0 Å². The Morgan fingerprint density at radius 1 is 1.62 bits per heavy atom. The average molecular weight is 178 g/mol. The van der Waals surface area contributed by atoms with Crippen LogP contribution in [-0.2, 0) is 4.74 Å². The summed E-state index contributed by atoms with van der Waals surface area (Å²) in [5.74, 6) is -0.234. The molecule has 0 spiro atoms. The Morgan fingerprint density at radius 3 is 3.15 bits per heavy atom. The van der Waals surface area contributed by atoms with Gasteiger partial charge in [-0.15, -0.1) is 0 Å². The molecule has 0 amide bonds. The maximum Gasteiger partial charge on any atom is 0.273 e. The molecule has 2 rings (SSSR count). The molecule has 0 aliphatic carbocycles. The van der Waals surface area contributed by atoms with Crippen LogP contribution in [0.4, 0.5) is 4.39 Å². The number of nitrogens with zero attached hydrogens (tertiary/aromatic N) is 1. The van der Waals surface area contributed by atoms with Crippen LogP contribution < -0.4 is 0 Å². The van der Waals surface area contributed by atoms with Gasteiger partial charge in [0, 0.05) is 0 Å². The summed E-state index contributed by atoms with van der Waals surface area (Å²) < 4.78 is 17.8. The quantitative estimate of drug-likeness (QED) is 0.645. The molecule has 67 valence electrons. The fourth-order valence-corrected chi connectivity index (χ4v) is 1.38. The molecule has 1 heterocycles. The van der Waals surface area contributed by atoms with Crippen molar-refractivity contribution >= 4 is 6.40 Å². The lowest BCUT2D eigenvalue weighted by molar-refractivity contribution is 0.330. The van der Waals surface area contributed by atoms with Crippen molar-refractivity contribution in [2.45, 2.75) is 13.0 Å². The highest BCUT2D eigenvalue weighted by atomic mass is 19.1. The van der Waals surface area contributed by atoms with Crippen molar-refractivity contribution in [2.24, 2.45) is 4.99 Å². The summed E-state index contributed by atoms with van der Waals surface area (Å²) >= 11 is 0. The molecule has 0 N–H and O–H groups in total. The molecule has 1 unspecified atom stereocenters. The largest absolute Gasteiger partial charge is 0.471 e. The van der Waals surface area contributed by atoms with Crippen LogP contribution in [0, 0.1) is 12.7 Å². The second-order valence-electron chi connectivity index (χ2n) is 3.05. The van der Waals surface area contributed by atoms with Crippen LogP contribution in [0.25, 0.3) is 0 Å². The predicted molar refractivity (Wildman–Crippen MR) is 47.3 cm³/mol. The van der Waals surface area contributed by atoms with Crippen LogP contribution in [0.3, 0.4) is 0 Å². The van der Waals surface area contributed by atoms with E-state index in [-0.39, 0.29) is 11.9 Å². The summed E-state index contributed by atoms with van der Waals surface area (Å²) in [4.78, 5) is 3.97. The third kappa shape index (κ3) is 1.54. The van der Waals surface area contributed by atoms with Crippen molar-refractivity contribution in [3.63, 3.8) is 0 Å². The van der Waals surface area contributed by atoms with E-state index in [0.717, 1.165) is 11.1 Å². The molecule has 1 aliphatic rings. The lowest BCUT2D eigenvalue weighted by Crippen LogP contribution is -2.00. The molecule has 1 aromatic carbocycles. The smallest absolute Gasteiger partial charge is 0.273 e. The first-order valence-electron chi connectivity index (χ1n) is 4.10. The third-order valence-electron chi connectivity index (χ3n) is 2.11. The Morgan fingerprint density at radius 2 is 2.46 bits per heavy atom. The van der Waals surface area contributed by atoms with Gasteiger partial charge in [0.05, 0.1) is 0 Å². The van der Waals surface area contributed by atoms with Gasteiger partial charge in [-0.05, 0) is 30.2 Å². The molecule has 0 aromatic heterocycles. The van der Waals surface area contributed by atoms with E-state index in [9.17, 15) is 4.39 Å². The monoisotopic (exact) mass is 178 g/mol. The molecule has 1 atom stereocenters. The van der Waals surface area contributed by atoms with Crippen LogP contribution in [0.15, 0.2) is 23.2 Å². The number of halogens is 1. The molecule has 0 saturated heterocycles. The summed E-state index contributed by atoms with van der Waals surface area (Å²) in [6.45, 7) is 2.40. The molecule has 0 saturated carbocycles. The van der Waals surface area contributed by atoms with Gasteiger partial charge >= 0.3 is 0 Å². The average Bonchev–Trinajstić information content (AvgIpc) is 2.61. The third-order valence-corrected chi connectivity index (χ3v) is 2.11. The molecule has 1 radical (unpaired) electrons. The summed E-state index contributed by atoms with van der Waals surface area (Å²) in [5.41, 5.74) is 1.91. The zero-order chi connectivity index (χ0) is 9.26. The van der Waals surface area contributed by atoms with E-state index in [1.54, 1.807) is 6.07 Å². The minimum atomic E-state index is -0.234. The highest BCUT2D eigenvalue weighted by molar-refractivity contribution is 5.50. The topological polar surface area (TPSA) is 21.6 Å². The second kappa shape index (κ2) is 3.17. The summed E-state index contributed by atoms with van der Waals surface area (Å²) in [6, 6.07) is 4.61. The van der Waals surface area contributed by atoms with Gasteiger partial charge in [0.25, 0.3) is 6.40 Å². The maximum atomic E-state index is 12.9. The first-order chi connectivity index (χ1) is 6.27. The van der Waals surface area contributed by atoms with Crippen molar-refractivity contribution < 1.29 is 9.13 Å². The molecule has 2 nitrogen and oxygen atoms in total. The van der Waals surface area contributed by atoms with Crippen molar-refractivity contribution in [3.05, 3.63) is 35.1 Å². The summed E-state index contributed by atoms with van der Waals surface area (Å²) in [5, 5.41) is 0. The molecule has 0 bridgehead atoms. The second-order valence-corrected chi connectivity index (χ2v) is 3.05. The maximum absolute atomic E-state index is 12.9. The predicted octanol–water partition coefficient (Wildman–Crippen LogP) is 2.11. The Bertz CT molecular complexity index is 349. The van der Waals surface area contributed by atoms with E-state index in [4.69, 9.17) is 4.74 Å². The van der Waals surface area contributed by atoms with E-state index in [1.165, 1.54) is 12.1 Å². The van der Waals surface area contributed by atoms with Gasteiger partial charge in [0.1, 0.15) is 18.5 Å². The van der Waals surface area contributed by atoms with Crippen molar-refractivity contribution in [2.75, 3.05) is 6.61 Å². The van der Waals surface area contributed by atoms with Crippen molar-refractivity contribution in [3.8, 4) is 0 Å². The van der Waals surface area contributed by atoms with E-state index in [2.05, 4.69) is 11.4 Å². The zero-order valence-corrected chi connectivity index (χ0v) is 7.25. The van der Waals surface area contributed by atoms with E-state index in [0.29, 0.717) is 6.61 Å². The van der Waals surface area contributed by atoms with Crippen LogP contribution in [0.2, 0.25) is 0 Å². The van der Waals surface area contributed by atoms with Gasteiger partial charge in [-0.1, -0.05) is 6.07 Å². The molecule has 1 aromatic rings. The van der Waals surface area contributed by atoms with Gasteiger partial charge in [-0.2, -0.15) is 0 Å². The SMILES string of the molecule is Cc1ccc(F)cc1C1CO[C]=N1. The van der Waals surface area contributed by atoms with E-state index in [1.807, 2.05) is 6.92 Å². The molecular formula is C10H9FNO. The molecule has 1 aliphatic heterocycles. The lowest BCUT2D eigenvalue weighted by atomic mass is 10.0. The van der Waals surface area contributed by atoms with Gasteiger partial charge in [-0.25, -0.2) is 9.38 Å². The fraction of sp³-hybridized carbons (Fsp3) is 0.300. The molecule has 3 heteroatoms. The Kier molecular flexibility index (Phi) is 2.00. The molecular weight excluding hydrogens is 169 g/mol. The number of aliphatic imine (C=N–C) groups is 1. The number of hydrogen-bond acceptors (Lipinski definition) is 2. The fourth-order valence-electron chi connectivity index (χ4n) is 1.38. The summed E-state index contributed by atoms with van der Waals surface area (Å²) in [7, 11) is 0. The van der Waals surface area contributed by atoms with E-state index < -0.39 is 0 Å². The van der Waals surface area contributed by atoms with Crippen LogP contribution in [-0.4, -0.2) is 13.0 Å². The number of ether oxygens (including phenoxy) is 1. The Hall–Kier alpha value is -1.38. The number of benzene rings is 1. The minimum Gasteiger partial charge on any atom is -0.471 e. The minimum absolute atomic E-state index is 0.0873. The Balaban J connectivity index is 2.37. The first kappa shape index (κ1) is 8.23. The number of rotatable bonds is 1. The number of aryl methyl sites for hydroxylation is 1. The normalized spacial score (nSPS) is 20.3. The van der Waals surface area contributed by atoms with Gasteiger partial charge in [-0.3, -0.25) is 0 Å². The Labute approximate surface area is 76.1 Å². The summed E-state index contributed by atoms with van der Waals surface area (Å²) in [6.07, 6.45) is 2.42. The van der Waals surface area contributed by atoms with Gasteiger partial charge in [0.15, 0.2) is 0 Å². The standard InChI is InChI=1S/C10H9FNO/c1-7-2-3-8(11)4-9(7)10-5-13-6-12-10/h2-4,10H,5H2,1H3. The molecule has 13 heavy (non-hydrogen) atoms. The van der Waals surface area contributed by atoms with E-state index >= 15 is 0 Å². The lowest BCUT2D eigenvalue weighted by Gasteiger charge is -2.08. The van der Waals surface area contributed by atoms with Crippen LogP contribution in [0.5, 0.6) is 0 Å². The van der Waals surface area contributed by atoms with Crippen molar-refractivity contribution in [1.29, 1.82) is 0 Å². The van der Waals surface area contributed by atoms with Crippen LogP contribution in [0.1, 0.15) is 17.2 Å². The van der Waals surface area contributed by atoms with Crippen LogP contribution >= 0.6 is 0 Å². The first-order valence-corrected chi connectivity index (χ1v) is 4.10. The van der Waals surface area contributed by atoms with Crippen molar-refractivity contribution in [1.82, 2.24) is 0 Å². The highest BCUT2D eigenvalue weighted by Crippen LogP contribution is 2.24.